The van der Waals surface area contributed by atoms with Gasteiger partial charge in [-0.25, -0.2) is 19.2 Å². The van der Waals surface area contributed by atoms with Gasteiger partial charge in [0.15, 0.2) is 11.6 Å². The summed E-state index contributed by atoms with van der Waals surface area (Å²) in [5.41, 5.74) is 2.08. The first-order chi connectivity index (χ1) is 16.8. The number of carboxylic acid groups (broad SMARTS) is 1. The van der Waals surface area contributed by atoms with Crippen molar-refractivity contribution < 1.29 is 28.7 Å². The number of carbonyl (C=O) groups excluding carboxylic acids is 1. The second-order valence-corrected chi connectivity index (χ2v) is 8.78. The molecule has 3 N–H and O–H groups in total. The summed E-state index contributed by atoms with van der Waals surface area (Å²) in [6.45, 7) is 1.88. The largest absolute Gasteiger partial charge is 0.494 e. The first kappa shape index (κ1) is 24.4. The molecule has 1 aliphatic heterocycles. The molecule has 0 radical (unpaired) electrons. The summed E-state index contributed by atoms with van der Waals surface area (Å²) < 4.78 is 18.6. The molecule has 4 rings (SSSR count). The molecule has 1 aliphatic carbocycles. The van der Waals surface area contributed by atoms with E-state index in [4.69, 9.17) is 14.7 Å². The average molecular weight is 486 g/mol. The number of hydrogen-bond donors (Lipinski definition) is 3. The number of hydrogen-bond acceptors (Lipinski definition) is 7. The second kappa shape index (κ2) is 10.7. The van der Waals surface area contributed by atoms with Gasteiger partial charge < -0.3 is 25.3 Å². The summed E-state index contributed by atoms with van der Waals surface area (Å²) in [6.07, 6.45) is 2.71. The van der Waals surface area contributed by atoms with Crippen LogP contribution in [0.15, 0.2) is 29.4 Å². The molecule has 10 nitrogen and oxygen atoms in total. The van der Waals surface area contributed by atoms with E-state index in [-0.39, 0.29) is 42.0 Å². The Hall–Kier alpha value is -3.76. The lowest BCUT2D eigenvalue weighted by Crippen LogP contribution is -2.38. The van der Waals surface area contributed by atoms with E-state index < -0.39 is 11.9 Å². The van der Waals surface area contributed by atoms with Crippen molar-refractivity contribution in [3.8, 4) is 5.75 Å². The number of aryl methyl sites for hydroxylation is 1. The van der Waals surface area contributed by atoms with Crippen molar-refractivity contribution >= 4 is 17.7 Å². The highest BCUT2D eigenvalue weighted by Gasteiger charge is 2.34. The van der Waals surface area contributed by atoms with Crippen molar-refractivity contribution in [2.24, 2.45) is 11.1 Å². The van der Waals surface area contributed by atoms with Gasteiger partial charge in [0.1, 0.15) is 23.3 Å². The lowest BCUT2D eigenvalue weighted by atomic mass is 9.81. The number of ether oxygens (including phenoxy) is 1. The minimum Gasteiger partial charge on any atom is -0.494 e. The van der Waals surface area contributed by atoms with Gasteiger partial charge in [-0.05, 0) is 62.3 Å². The van der Waals surface area contributed by atoms with E-state index in [0.29, 0.717) is 29.2 Å². The fraction of sp³-hybridized carbons (Fsp3) is 0.458. The summed E-state index contributed by atoms with van der Waals surface area (Å²) >= 11 is 0. The Morgan fingerprint density at radius 2 is 1.97 bits per heavy atom. The van der Waals surface area contributed by atoms with Crippen LogP contribution in [0.25, 0.3) is 0 Å². The van der Waals surface area contributed by atoms with Gasteiger partial charge in [-0.2, -0.15) is 0 Å². The molecule has 0 spiro atoms. The van der Waals surface area contributed by atoms with Crippen LogP contribution >= 0.6 is 0 Å². The molecule has 11 heteroatoms. The highest BCUT2D eigenvalue weighted by atomic mass is 19.1. The predicted molar refractivity (Wildman–Crippen MR) is 124 cm³/mol. The molecule has 1 aromatic heterocycles. The van der Waals surface area contributed by atoms with Crippen LogP contribution in [-0.2, 0) is 11.4 Å². The molecule has 1 aromatic carbocycles. The SMILES string of the molecule is COc1cc(CNC(=O)c2cc(C3=NOC(C4CCC(NC(=O)O)CC4)C3)nc(C)n2)ccc1F. The van der Waals surface area contributed by atoms with Crippen molar-refractivity contribution in [1.82, 2.24) is 20.6 Å². The maximum absolute atomic E-state index is 13.6. The number of nitrogens with one attached hydrogen (secondary N) is 2. The lowest BCUT2D eigenvalue weighted by Gasteiger charge is -2.30. The molecule has 1 fully saturated rings. The predicted octanol–water partition coefficient (Wildman–Crippen LogP) is 3.18. The number of halogens is 1. The third-order valence-corrected chi connectivity index (χ3v) is 6.35. The molecule has 35 heavy (non-hydrogen) atoms. The van der Waals surface area contributed by atoms with E-state index in [0.717, 1.165) is 25.7 Å². The smallest absolute Gasteiger partial charge is 0.404 e. The fourth-order valence-corrected chi connectivity index (χ4v) is 4.53. The minimum atomic E-state index is -0.993. The Morgan fingerprint density at radius 1 is 1.20 bits per heavy atom. The van der Waals surface area contributed by atoms with Crippen molar-refractivity contribution in [3.05, 3.63) is 52.9 Å². The van der Waals surface area contributed by atoms with Gasteiger partial charge >= 0.3 is 6.09 Å². The molecule has 1 atom stereocenters. The molecule has 2 aliphatic rings. The van der Waals surface area contributed by atoms with Crippen molar-refractivity contribution in [2.75, 3.05) is 7.11 Å². The first-order valence-electron chi connectivity index (χ1n) is 11.5. The molecule has 2 heterocycles. The van der Waals surface area contributed by atoms with E-state index in [1.165, 1.54) is 19.2 Å². The third-order valence-electron chi connectivity index (χ3n) is 6.35. The highest BCUT2D eigenvalue weighted by Crippen LogP contribution is 2.33. The number of aromatic nitrogens is 2. The van der Waals surface area contributed by atoms with Gasteiger partial charge in [0.25, 0.3) is 5.91 Å². The van der Waals surface area contributed by atoms with Crippen LogP contribution < -0.4 is 15.4 Å². The number of nitrogens with zero attached hydrogens (tertiary/aromatic N) is 3. The zero-order valence-electron chi connectivity index (χ0n) is 19.6. The standard InChI is InChI=1S/C24H28FN5O5/c1-13-27-18(19-11-21(35-30-19)15-4-6-16(7-5-15)29-24(32)33)10-20(28-13)23(31)26-12-14-3-8-17(25)22(9-14)34-2/h3,8-10,15-16,21,29H,4-7,11-12H2,1-2H3,(H,26,31)(H,32,33). The van der Waals surface area contributed by atoms with Gasteiger partial charge in [-0.3, -0.25) is 4.79 Å². The molecule has 186 valence electrons. The van der Waals surface area contributed by atoms with Crippen LogP contribution in [0.4, 0.5) is 9.18 Å². The third kappa shape index (κ3) is 6.03. The number of carbonyl (C=O) groups is 2. The first-order valence-corrected chi connectivity index (χ1v) is 11.5. The summed E-state index contributed by atoms with van der Waals surface area (Å²) in [5.74, 6) is -0.0387. The number of methoxy groups -OCH3 is 1. The molecular formula is C24H28FN5O5. The van der Waals surface area contributed by atoms with Crippen LogP contribution in [-0.4, -0.2) is 52.0 Å². The number of oxime groups is 1. The van der Waals surface area contributed by atoms with Crippen molar-refractivity contribution in [2.45, 2.75) is 57.7 Å². The van der Waals surface area contributed by atoms with E-state index in [1.54, 1.807) is 19.1 Å². The molecular weight excluding hydrogens is 457 g/mol. The van der Waals surface area contributed by atoms with Crippen LogP contribution in [0.2, 0.25) is 0 Å². The van der Waals surface area contributed by atoms with Gasteiger partial charge in [0.2, 0.25) is 0 Å². The van der Waals surface area contributed by atoms with Crippen LogP contribution in [0, 0.1) is 18.7 Å². The number of benzene rings is 1. The van der Waals surface area contributed by atoms with Gasteiger partial charge in [-0.15, -0.1) is 0 Å². The summed E-state index contributed by atoms with van der Waals surface area (Å²) in [6, 6.07) is 5.96. The molecule has 2 amide bonds. The van der Waals surface area contributed by atoms with Crippen LogP contribution in [0.5, 0.6) is 5.75 Å². The monoisotopic (exact) mass is 485 g/mol. The minimum absolute atomic E-state index is 0.0212. The zero-order chi connectivity index (χ0) is 24.9. The number of rotatable bonds is 7. The normalized spacial score (nSPS) is 21.6. The van der Waals surface area contributed by atoms with Gasteiger partial charge in [0, 0.05) is 19.0 Å². The molecule has 0 bridgehead atoms. The molecule has 0 saturated heterocycles. The summed E-state index contributed by atoms with van der Waals surface area (Å²) in [7, 11) is 1.38. The van der Waals surface area contributed by atoms with Gasteiger partial charge in [0.05, 0.1) is 12.8 Å². The van der Waals surface area contributed by atoms with Crippen molar-refractivity contribution in [3.63, 3.8) is 0 Å². The van der Waals surface area contributed by atoms with Gasteiger partial charge in [-0.1, -0.05) is 11.2 Å². The van der Waals surface area contributed by atoms with E-state index in [1.807, 2.05) is 0 Å². The molecule has 1 saturated carbocycles. The number of amides is 2. The summed E-state index contributed by atoms with van der Waals surface area (Å²) in [4.78, 5) is 38.0. The van der Waals surface area contributed by atoms with Crippen LogP contribution in [0.3, 0.4) is 0 Å². The molecule has 1 unspecified atom stereocenters. The quantitative estimate of drug-likeness (QED) is 0.548. The summed E-state index contributed by atoms with van der Waals surface area (Å²) in [5, 5.41) is 18.5. The van der Waals surface area contributed by atoms with Crippen LogP contribution in [0.1, 0.15) is 59.7 Å². The Balaban J connectivity index is 1.36. The topological polar surface area (TPSA) is 135 Å². The Morgan fingerprint density at radius 3 is 2.69 bits per heavy atom. The second-order valence-electron chi connectivity index (χ2n) is 8.78. The maximum atomic E-state index is 13.6. The Kier molecular flexibility index (Phi) is 7.42. The highest BCUT2D eigenvalue weighted by molar-refractivity contribution is 6.01. The van der Waals surface area contributed by atoms with Crippen molar-refractivity contribution in [1.29, 1.82) is 0 Å². The molecule has 2 aromatic rings. The zero-order valence-corrected chi connectivity index (χ0v) is 19.6. The average Bonchev–Trinajstić information content (AvgIpc) is 3.33. The van der Waals surface area contributed by atoms with E-state index in [2.05, 4.69) is 25.8 Å². The van der Waals surface area contributed by atoms with E-state index >= 15 is 0 Å². The Bertz CT molecular complexity index is 1130. The van der Waals surface area contributed by atoms with E-state index in [9.17, 15) is 14.0 Å². The maximum Gasteiger partial charge on any atom is 0.404 e. The Labute approximate surface area is 201 Å². The fourth-order valence-electron chi connectivity index (χ4n) is 4.53. The lowest BCUT2D eigenvalue weighted by molar-refractivity contribution is 0.0235.